The molecule has 1 unspecified atom stereocenters. The van der Waals surface area contributed by atoms with Crippen molar-refractivity contribution >= 4 is 23.2 Å². The van der Waals surface area contributed by atoms with Gasteiger partial charge in [0.2, 0.25) is 5.91 Å². The molecular weight excluding hydrogens is 319 g/mol. The molecule has 0 radical (unpaired) electrons. The average Bonchev–Trinajstić information content (AvgIpc) is 2.46. The van der Waals surface area contributed by atoms with Crippen molar-refractivity contribution in [2.45, 2.75) is 38.7 Å². The molecule has 1 aromatic rings. The molecule has 0 aliphatic carbocycles. The van der Waals surface area contributed by atoms with E-state index in [0.717, 1.165) is 11.0 Å². The topological polar surface area (TPSA) is 29.5 Å². The first-order valence-corrected chi connectivity index (χ1v) is 7.39. The number of halogens is 4. The molecule has 0 bridgehead atoms. The molecule has 3 nitrogen and oxygen atoms in total. The van der Waals surface area contributed by atoms with Crippen LogP contribution in [0.1, 0.15) is 31.9 Å². The Morgan fingerprint density at radius 1 is 1.36 bits per heavy atom. The van der Waals surface area contributed by atoms with E-state index in [0.29, 0.717) is 12.0 Å². The SMILES string of the molecule is CCOCN(C(=O)C(C)Cl)c1c(CC)cccc1C(F)(F)F. The van der Waals surface area contributed by atoms with Crippen LogP contribution >= 0.6 is 11.6 Å². The van der Waals surface area contributed by atoms with Crippen LogP contribution in [0.3, 0.4) is 0 Å². The molecular formula is C15H19ClF3NO2. The summed E-state index contributed by atoms with van der Waals surface area (Å²) in [5.74, 6) is -0.624. The molecule has 1 aromatic carbocycles. The van der Waals surface area contributed by atoms with Gasteiger partial charge in [0.25, 0.3) is 0 Å². The van der Waals surface area contributed by atoms with Gasteiger partial charge in [0.05, 0.1) is 11.3 Å². The zero-order valence-electron chi connectivity index (χ0n) is 12.7. The molecule has 22 heavy (non-hydrogen) atoms. The van der Waals surface area contributed by atoms with Gasteiger partial charge in [-0.25, -0.2) is 0 Å². The van der Waals surface area contributed by atoms with E-state index in [1.165, 1.54) is 13.0 Å². The van der Waals surface area contributed by atoms with Crippen LogP contribution in [0.15, 0.2) is 18.2 Å². The number of hydrogen-bond acceptors (Lipinski definition) is 2. The Balaban J connectivity index is 3.47. The third-order valence-electron chi connectivity index (χ3n) is 3.11. The van der Waals surface area contributed by atoms with Crippen LogP contribution < -0.4 is 4.90 Å². The highest BCUT2D eigenvalue weighted by Gasteiger charge is 2.37. The molecule has 0 saturated carbocycles. The molecule has 0 aliphatic rings. The number of hydrogen-bond donors (Lipinski definition) is 0. The van der Waals surface area contributed by atoms with Crippen LogP contribution in [-0.2, 0) is 22.1 Å². The quantitative estimate of drug-likeness (QED) is 0.574. The Hall–Kier alpha value is -1.27. The lowest BCUT2D eigenvalue weighted by Crippen LogP contribution is -2.39. The number of aryl methyl sites for hydroxylation is 1. The van der Waals surface area contributed by atoms with Crippen molar-refractivity contribution in [3.8, 4) is 0 Å². The van der Waals surface area contributed by atoms with E-state index in [4.69, 9.17) is 16.3 Å². The van der Waals surface area contributed by atoms with Crippen LogP contribution in [-0.4, -0.2) is 24.6 Å². The van der Waals surface area contributed by atoms with Gasteiger partial charge >= 0.3 is 6.18 Å². The van der Waals surface area contributed by atoms with Gasteiger partial charge in [0.15, 0.2) is 0 Å². The zero-order valence-corrected chi connectivity index (χ0v) is 13.5. The summed E-state index contributed by atoms with van der Waals surface area (Å²) < 4.78 is 45.1. The molecule has 0 N–H and O–H groups in total. The van der Waals surface area contributed by atoms with Gasteiger partial charge in [-0.2, -0.15) is 13.2 Å². The van der Waals surface area contributed by atoms with Gasteiger partial charge in [-0.15, -0.1) is 11.6 Å². The fourth-order valence-corrected chi connectivity index (χ4v) is 2.18. The lowest BCUT2D eigenvalue weighted by Gasteiger charge is -2.28. The number of para-hydroxylation sites is 1. The van der Waals surface area contributed by atoms with Crippen molar-refractivity contribution in [3.05, 3.63) is 29.3 Å². The van der Waals surface area contributed by atoms with Gasteiger partial charge < -0.3 is 4.74 Å². The van der Waals surface area contributed by atoms with Crippen molar-refractivity contribution in [1.82, 2.24) is 0 Å². The predicted molar refractivity (Wildman–Crippen MR) is 80.1 cm³/mol. The molecule has 0 spiro atoms. The zero-order chi connectivity index (χ0) is 16.9. The first kappa shape index (κ1) is 18.8. The first-order chi connectivity index (χ1) is 10.2. The minimum absolute atomic E-state index is 0.177. The summed E-state index contributed by atoms with van der Waals surface area (Å²) in [6.45, 7) is 4.85. The fourth-order valence-electron chi connectivity index (χ4n) is 2.06. The van der Waals surface area contributed by atoms with E-state index in [1.807, 2.05) is 0 Å². The van der Waals surface area contributed by atoms with Gasteiger partial charge in [-0.3, -0.25) is 9.69 Å². The summed E-state index contributed by atoms with van der Waals surface area (Å²) in [6.07, 6.45) is -4.22. The summed E-state index contributed by atoms with van der Waals surface area (Å²) in [5, 5.41) is -0.952. The normalized spacial score (nSPS) is 13.0. The molecule has 0 aliphatic heterocycles. The Morgan fingerprint density at radius 3 is 2.45 bits per heavy atom. The number of carbonyl (C=O) groups excluding carboxylic acids is 1. The summed E-state index contributed by atoms with van der Waals surface area (Å²) in [6, 6.07) is 3.86. The van der Waals surface area contributed by atoms with E-state index in [-0.39, 0.29) is 19.0 Å². The van der Waals surface area contributed by atoms with Crippen molar-refractivity contribution in [1.29, 1.82) is 0 Å². The second kappa shape index (κ2) is 7.83. The maximum absolute atomic E-state index is 13.3. The van der Waals surface area contributed by atoms with E-state index in [1.54, 1.807) is 19.9 Å². The number of ether oxygens (including phenoxy) is 1. The van der Waals surface area contributed by atoms with Gasteiger partial charge in [0, 0.05) is 6.61 Å². The molecule has 0 saturated heterocycles. The summed E-state index contributed by atoms with van der Waals surface area (Å²) in [4.78, 5) is 13.2. The van der Waals surface area contributed by atoms with Crippen molar-refractivity contribution in [2.24, 2.45) is 0 Å². The van der Waals surface area contributed by atoms with Crippen LogP contribution in [0.2, 0.25) is 0 Å². The number of nitrogens with zero attached hydrogens (tertiary/aromatic N) is 1. The minimum Gasteiger partial charge on any atom is -0.361 e. The number of benzene rings is 1. The van der Waals surface area contributed by atoms with Crippen LogP contribution in [0.5, 0.6) is 0 Å². The smallest absolute Gasteiger partial charge is 0.361 e. The Morgan fingerprint density at radius 2 is 2.00 bits per heavy atom. The average molecular weight is 338 g/mol. The number of rotatable bonds is 6. The van der Waals surface area contributed by atoms with E-state index in [2.05, 4.69) is 0 Å². The standard InChI is InChI=1S/C15H19ClF3NO2/c1-4-11-7-6-8-12(15(17,18)19)13(11)20(9-22-5-2)14(21)10(3)16/h6-8,10H,4-5,9H2,1-3H3. The van der Waals surface area contributed by atoms with Crippen molar-refractivity contribution < 1.29 is 22.7 Å². The molecule has 0 fully saturated rings. The van der Waals surface area contributed by atoms with E-state index in [9.17, 15) is 18.0 Å². The van der Waals surface area contributed by atoms with Gasteiger partial charge in [-0.05, 0) is 31.9 Å². The molecule has 1 amide bonds. The minimum atomic E-state index is -4.57. The number of amides is 1. The van der Waals surface area contributed by atoms with Crippen LogP contribution in [0, 0.1) is 0 Å². The summed E-state index contributed by atoms with van der Waals surface area (Å²) in [7, 11) is 0. The number of anilines is 1. The maximum atomic E-state index is 13.3. The van der Waals surface area contributed by atoms with E-state index < -0.39 is 23.0 Å². The number of carbonyl (C=O) groups is 1. The molecule has 7 heteroatoms. The summed E-state index contributed by atoms with van der Waals surface area (Å²) in [5.41, 5.74) is -0.624. The molecule has 124 valence electrons. The largest absolute Gasteiger partial charge is 0.418 e. The second-order valence-electron chi connectivity index (χ2n) is 4.67. The van der Waals surface area contributed by atoms with Crippen LogP contribution in [0.25, 0.3) is 0 Å². The third-order valence-corrected chi connectivity index (χ3v) is 3.29. The summed E-state index contributed by atoms with van der Waals surface area (Å²) >= 11 is 5.79. The van der Waals surface area contributed by atoms with Gasteiger partial charge in [0.1, 0.15) is 12.1 Å². The van der Waals surface area contributed by atoms with Crippen molar-refractivity contribution in [2.75, 3.05) is 18.2 Å². The second-order valence-corrected chi connectivity index (χ2v) is 5.32. The Bertz CT molecular complexity index is 518. The highest BCUT2D eigenvalue weighted by atomic mass is 35.5. The Kier molecular flexibility index (Phi) is 6.68. The fraction of sp³-hybridized carbons (Fsp3) is 0.533. The molecule has 0 aromatic heterocycles. The lowest BCUT2D eigenvalue weighted by atomic mass is 10.0. The third kappa shape index (κ3) is 4.36. The highest BCUT2D eigenvalue weighted by Crippen LogP contribution is 2.39. The monoisotopic (exact) mass is 337 g/mol. The molecule has 0 heterocycles. The highest BCUT2D eigenvalue weighted by molar-refractivity contribution is 6.32. The maximum Gasteiger partial charge on any atom is 0.418 e. The van der Waals surface area contributed by atoms with Gasteiger partial charge in [-0.1, -0.05) is 19.1 Å². The Labute approximate surface area is 133 Å². The van der Waals surface area contributed by atoms with Crippen LogP contribution in [0.4, 0.5) is 18.9 Å². The number of alkyl halides is 4. The predicted octanol–water partition coefficient (Wildman–Crippen LogP) is 4.22. The molecule has 1 atom stereocenters. The van der Waals surface area contributed by atoms with E-state index >= 15 is 0 Å². The van der Waals surface area contributed by atoms with Crippen molar-refractivity contribution in [3.63, 3.8) is 0 Å². The molecule has 1 rings (SSSR count). The first-order valence-electron chi connectivity index (χ1n) is 6.96. The lowest BCUT2D eigenvalue weighted by molar-refractivity contribution is -0.137.